The van der Waals surface area contributed by atoms with E-state index >= 15 is 0 Å². The quantitative estimate of drug-likeness (QED) is 0.742. The first-order chi connectivity index (χ1) is 12.6. The third-order valence-corrected chi connectivity index (χ3v) is 4.88. The Morgan fingerprint density at radius 2 is 1.88 bits per heavy atom. The molecule has 0 saturated carbocycles. The van der Waals surface area contributed by atoms with E-state index in [0.29, 0.717) is 16.7 Å². The number of nitrogens with zero attached hydrogens (tertiary/aromatic N) is 3. The highest BCUT2D eigenvalue weighted by atomic mass is 35.5. The van der Waals surface area contributed by atoms with Crippen molar-refractivity contribution in [2.75, 3.05) is 10.6 Å². The van der Waals surface area contributed by atoms with E-state index in [1.807, 2.05) is 37.3 Å². The largest absolute Gasteiger partial charge is 0.351 e. The fourth-order valence-electron chi connectivity index (χ4n) is 3.40. The lowest BCUT2D eigenvalue weighted by Gasteiger charge is -2.36. The first-order valence-electron chi connectivity index (χ1n) is 8.41. The lowest BCUT2D eigenvalue weighted by molar-refractivity contribution is -0.121. The van der Waals surface area contributed by atoms with Gasteiger partial charge in [0.05, 0.1) is 12.0 Å². The monoisotopic (exact) mass is 367 g/mol. The molecule has 3 aromatic rings. The van der Waals surface area contributed by atoms with E-state index in [1.165, 1.54) is 6.33 Å². The number of nitrogens with one attached hydrogen (secondary N) is 2. The SMILES string of the molecule is C[C@@H]1Nc2ncnn2[C@H](c2ccccc2)[C@H]1C(=O)Nc1ccc(Cl)cc1. The molecule has 3 atom stereocenters. The molecule has 0 aliphatic carbocycles. The zero-order valence-electron chi connectivity index (χ0n) is 14.1. The Hall–Kier alpha value is -2.86. The van der Waals surface area contributed by atoms with Crippen LogP contribution in [-0.4, -0.2) is 26.7 Å². The van der Waals surface area contributed by atoms with Crippen LogP contribution >= 0.6 is 11.6 Å². The van der Waals surface area contributed by atoms with Gasteiger partial charge in [0.15, 0.2) is 0 Å². The molecule has 2 N–H and O–H groups in total. The molecular formula is C19H18ClN5O. The lowest BCUT2D eigenvalue weighted by Crippen LogP contribution is -2.46. The van der Waals surface area contributed by atoms with Crippen molar-refractivity contribution >= 4 is 29.1 Å². The van der Waals surface area contributed by atoms with Crippen LogP contribution in [0.3, 0.4) is 0 Å². The summed E-state index contributed by atoms with van der Waals surface area (Å²) >= 11 is 5.93. The predicted molar refractivity (Wildman–Crippen MR) is 101 cm³/mol. The fraction of sp³-hybridized carbons (Fsp3) is 0.211. The van der Waals surface area contributed by atoms with Crippen LogP contribution in [0.4, 0.5) is 11.6 Å². The summed E-state index contributed by atoms with van der Waals surface area (Å²) in [6.07, 6.45) is 1.50. The summed E-state index contributed by atoms with van der Waals surface area (Å²) in [5.74, 6) is 0.228. The Morgan fingerprint density at radius 3 is 2.62 bits per heavy atom. The van der Waals surface area contributed by atoms with Crippen LogP contribution in [0.1, 0.15) is 18.5 Å². The number of halogens is 1. The van der Waals surface area contributed by atoms with E-state index < -0.39 is 0 Å². The van der Waals surface area contributed by atoms with Gasteiger partial charge in [-0.1, -0.05) is 41.9 Å². The molecule has 0 spiro atoms. The Labute approximate surface area is 156 Å². The van der Waals surface area contributed by atoms with E-state index in [9.17, 15) is 4.79 Å². The van der Waals surface area contributed by atoms with Gasteiger partial charge in [0.25, 0.3) is 0 Å². The maximum atomic E-state index is 13.1. The van der Waals surface area contributed by atoms with Gasteiger partial charge in [-0.25, -0.2) is 4.68 Å². The molecule has 1 amide bonds. The van der Waals surface area contributed by atoms with Gasteiger partial charge in [0, 0.05) is 16.8 Å². The number of amides is 1. The number of fused-ring (bicyclic) bond motifs is 1. The van der Waals surface area contributed by atoms with Crippen LogP contribution in [0, 0.1) is 5.92 Å². The first-order valence-corrected chi connectivity index (χ1v) is 8.78. The normalized spacial score (nSPS) is 21.5. The van der Waals surface area contributed by atoms with Gasteiger partial charge in [-0.15, -0.1) is 0 Å². The number of hydrogen-bond donors (Lipinski definition) is 2. The first kappa shape index (κ1) is 16.6. The lowest BCUT2D eigenvalue weighted by atomic mass is 9.85. The van der Waals surface area contributed by atoms with Gasteiger partial charge < -0.3 is 10.6 Å². The molecule has 0 fully saturated rings. The van der Waals surface area contributed by atoms with Gasteiger partial charge in [-0.2, -0.15) is 10.1 Å². The van der Waals surface area contributed by atoms with Crippen LogP contribution in [0.2, 0.25) is 5.02 Å². The molecule has 1 aliphatic heterocycles. The molecule has 2 aromatic carbocycles. The van der Waals surface area contributed by atoms with Crippen LogP contribution in [0.5, 0.6) is 0 Å². The molecule has 132 valence electrons. The number of carbonyl (C=O) groups excluding carboxylic acids is 1. The molecule has 1 aromatic heterocycles. The molecule has 7 heteroatoms. The summed E-state index contributed by atoms with van der Waals surface area (Å²) in [5, 5.41) is 11.2. The molecule has 0 bridgehead atoms. The fourth-order valence-corrected chi connectivity index (χ4v) is 3.53. The zero-order valence-corrected chi connectivity index (χ0v) is 14.9. The number of aromatic nitrogens is 3. The van der Waals surface area contributed by atoms with Gasteiger partial charge in [-0.05, 0) is 36.8 Å². The van der Waals surface area contributed by atoms with Crippen molar-refractivity contribution in [1.82, 2.24) is 14.8 Å². The molecule has 0 radical (unpaired) electrons. The molecule has 2 heterocycles. The summed E-state index contributed by atoms with van der Waals surface area (Å²) in [7, 11) is 0. The Morgan fingerprint density at radius 1 is 1.15 bits per heavy atom. The highest BCUT2D eigenvalue weighted by Crippen LogP contribution is 2.36. The van der Waals surface area contributed by atoms with Crippen molar-refractivity contribution in [1.29, 1.82) is 0 Å². The van der Waals surface area contributed by atoms with Crippen LogP contribution < -0.4 is 10.6 Å². The summed E-state index contributed by atoms with van der Waals surface area (Å²) in [4.78, 5) is 17.4. The van der Waals surface area contributed by atoms with Crippen molar-refractivity contribution in [2.45, 2.75) is 19.0 Å². The molecular weight excluding hydrogens is 350 g/mol. The topological polar surface area (TPSA) is 71.8 Å². The van der Waals surface area contributed by atoms with Crippen molar-refractivity contribution in [3.05, 3.63) is 71.5 Å². The second-order valence-electron chi connectivity index (χ2n) is 6.34. The van der Waals surface area contributed by atoms with Crippen LogP contribution in [0.15, 0.2) is 60.9 Å². The zero-order chi connectivity index (χ0) is 18.1. The van der Waals surface area contributed by atoms with Gasteiger partial charge in [0.1, 0.15) is 6.33 Å². The maximum absolute atomic E-state index is 13.1. The molecule has 26 heavy (non-hydrogen) atoms. The molecule has 0 unspecified atom stereocenters. The minimum absolute atomic E-state index is 0.0812. The molecule has 0 saturated heterocycles. The van der Waals surface area contributed by atoms with Crippen LogP contribution in [-0.2, 0) is 4.79 Å². The highest BCUT2D eigenvalue weighted by Gasteiger charge is 2.41. The number of carbonyl (C=O) groups is 1. The smallest absolute Gasteiger partial charge is 0.232 e. The third-order valence-electron chi connectivity index (χ3n) is 4.63. The number of benzene rings is 2. The minimum atomic E-state index is -0.359. The van der Waals surface area contributed by atoms with E-state index in [-0.39, 0.29) is 23.9 Å². The number of rotatable bonds is 3. The Kier molecular flexibility index (Phi) is 4.34. The van der Waals surface area contributed by atoms with Gasteiger partial charge >= 0.3 is 0 Å². The number of anilines is 2. The van der Waals surface area contributed by atoms with Crippen molar-refractivity contribution in [3.8, 4) is 0 Å². The molecule has 6 nitrogen and oxygen atoms in total. The second-order valence-corrected chi connectivity index (χ2v) is 6.78. The highest BCUT2D eigenvalue weighted by molar-refractivity contribution is 6.30. The average Bonchev–Trinajstić information content (AvgIpc) is 3.11. The van der Waals surface area contributed by atoms with Crippen LogP contribution in [0.25, 0.3) is 0 Å². The summed E-state index contributed by atoms with van der Waals surface area (Å²) < 4.78 is 1.78. The van der Waals surface area contributed by atoms with Crippen molar-refractivity contribution < 1.29 is 4.79 Å². The predicted octanol–water partition coefficient (Wildman–Crippen LogP) is 3.59. The molecule has 4 rings (SSSR count). The Balaban J connectivity index is 1.70. The number of hydrogen-bond acceptors (Lipinski definition) is 4. The van der Waals surface area contributed by atoms with Crippen molar-refractivity contribution in [3.63, 3.8) is 0 Å². The third kappa shape index (κ3) is 3.04. The standard InChI is InChI=1S/C19H18ClN5O/c1-12-16(18(26)24-15-9-7-14(20)8-10-15)17(13-5-3-2-4-6-13)25-19(23-12)21-11-22-25/h2-12,16-17H,1H3,(H,24,26)(H,21,22,23)/t12-,16-,17+/m0/s1. The second kappa shape index (κ2) is 6.80. The average molecular weight is 368 g/mol. The summed E-state index contributed by atoms with van der Waals surface area (Å²) in [6.45, 7) is 1.99. The van der Waals surface area contributed by atoms with Gasteiger partial charge in [-0.3, -0.25) is 4.79 Å². The van der Waals surface area contributed by atoms with E-state index in [1.54, 1.807) is 28.9 Å². The minimum Gasteiger partial charge on any atom is -0.351 e. The molecule has 1 aliphatic rings. The Bertz CT molecular complexity index is 909. The van der Waals surface area contributed by atoms with E-state index in [4.69, 9.17) is 11.6 Å². The van der Waals surface area contributed by atoms with Crippen molar-refractivity contribution in [2.24, 2.45) is 5.92 Å². The maximum Gasteiger partial charge on any atom is 0.232 e. The van der Waals surface area contributed by atoms with E-state index in [0.717, 1.165) is 5.56 Å². The summed E-state index contributed by atoms with van der Waals surface area (Å²) in [5.41, 5.74) is 1.73. The summed E-state index contributed by atoms with van der Waals surface area (Å²) in [6, 6.07) is 16.7. The van der Waals surface area contributed by atoms with Gasteiger partial charge in [0.2, 0.25) is 11.9 Å². The van der Waals surface area contributed by atoms with E-state index in [2.05, 4.69) is 20.7 Å².